The first kappa shape index (κ1) is 15.8. The van der Waals surface area contributed by atoms with E-state index in [0.717, 1.165) is 19.4 Å². The molecule has 96 valence electrons. The fourth-order valence-corrected chi connectivity index (χ4v) is 2.00. The highest BCUT2D eigenvalue weighted by atomic mass is 32.2. The van der Waals surface area contributed by atoms with Gasteiger partial charge in [0.25, 0.3) is 0 Å². The Morgan fingerprint density at radius 1 is 1.31 bits per heavy atom. The van der Waals surface area contributed by atoms with Crippen molar-refractivity contribution >= 4 is 17.7 Å². The third-order valence-electron chi connectivity index (χ3n) is 2.39. The molecule has 0 aliphatic rings. The summed E-state index contributed by atoms with van der Waals surface area (Å²) in [7, 11) is 0. The molecule has 0 unspecified atom stereocenters. The van der Waals surface area contributed by atoms with Gasteiger partial charge in [-0.3, -0.25) is 4.79 Å². The maximum atomic E-state index is 11.5. The van der Waals surface area contributed by atoms with Gasteiger partial charge in [0, 0.05) is 6.54 Å². The van der Waals surface area contributed by atoms with Gasteiger partial charge in [0.2, 0.25) is 5.91 Å². The number of unbranched alkanes of at least 4 members (excludes halogenated alkanes) is 2. The van der Waals surface area contributed by atoms with Gasteiger partial charge in [-0.05, 0) is 37.2 Å². The topological polar surface area (TPSA) is 55.1 Å². The molecular weight excluding hydrogens is 220 g/mol. The lowest BCUT2D eigenvalue weighted by Gasteiger charge is -2.13. The van der Waals surface area contributed by atoms with Crippen molar-refractivity contribution in [3.63, 3.8) is 0 Å². The Kier molecular flexibility index (Phi) is 9.83. The summed E-state index contributed by atoms with van der Waals surface area (Å²) < 4.78 is 0. The van der Waals surface area contributed by atoms with E-state index in [2.05, 4.69) is 25.4 Å². The smallest absolute Gasteiger partial charge is 0.236 e. The fourth-order valence-electron chi connectivity index (χ4n) is 1.51. The lowest BCUT2D eigenvalue weighted by molar-refractivity contribution is -0.122. The van der Waals surface area contributed by atoms with Crippen LogP contribution in [-0.2, 0) is 4.79 Å². The van der Waals surface area contributed by atoms with Crippen molar-refractivity contribution in [1.29, 1.82) is 0 Å². The zero-order chi connectivity index (χ0) is 12.4. The summed E-state index contributed by atoms with van der Waals surface area (Å²) >= 11 is 1.87. The SMILES string of the molecule is CSCCCCCNC(=O)[C@H](N)CC(C)C. The van der Waals surface area contributed by atoms with Crippen LogP contribution in [0.2, 0.25) is 0 Å². The van der Waals surface area contributed by atoms with Crippen molar-refractivity contribution in [1.82, 2.24) is 5.32 Å². The normalized spacial score (nSPS) is 12.8. The van der Waals surface area contributed by atoms with Gasteiger partial charge in [0.05, 0.1) is 6.04 Å². The van der Waals surface area contributed by atoms with Gasteiger partial charge in [0.15, 0.2) is 0 Å². The molecule has 0 heterocycles. The second kappa shape index (κ2) is 9.97. The highest BCUT2D eigenvalue weighted by Gasteiger charge is 2.13. The van der Waals surface area contributed by atoms with Crippen molar-refractivity contribution in [2.75, 3.05) is 18.6 Å². The Morgan fingerprint density at radius 2 is 2.00 bits per heavy atom. The lowest BCUT2D eigenvalue weighted by atomic mass is 10.0. The zero-order valence-electron chi connectivity index (χ0n) is 10.8. The Bertz CT molecular complexity index is 186. The molecule has 0 rings (SSSR count). The molecule has 3 N–H and O–H groups in total. The number of hydrogen-bond donors (Lipinski definition) is 2. The second-order valence-electron chi connectivity index (χ2n) is 4.58. The van der Waals surface area contributed by atoms with Crippen molar-refractivity contribution < 1.29 is 4.79 Å². The molecule has 0 aromatic carbocycles. The first-order valence-electron chi connectivity index (χ1n) is 6.10. The third-order valence-corrected chi connectivity index (χ3v) is 3.08. The zero-order valence-corrected chi connectivity index (χ0v) is 11.6. The molecule has 0 bridgehead atoms. The quantitative estimate of drug-likeness (QED) is 0.612. The Balaban J connectivity index is 3.42. The molecule has 0 saturated heterocycles. The summed E-state index contributed by atoms with van der Waals surface area (Å²) in [6.07, 6.45) is 6.35. The van der Waals surface area contributed by atoms with Gasteiger partial charge in [-0.15, -0.1) is 0 Å². The summed E-state index contributed by atoms with van der Waals surface area (Å²) in [6.45, 7) is 4.92. The minimum Gasteiger partial charge on any atom is -0.355 e. The number of carbonyl (C=O) groups excluding carboxylic acids is 1. The summed E-state index contributed by atoms with van der Waals surface area (Å²) in [5.41, 5.74) is 5.77. The van der Waals surface area contributed by atoms with Crippen LogP contribution in [-0.4, -0.2) is 30.5 Å². The molecule has 0 aliphatic heterocycles. The molecule has 16 heavy (non-hydrogen) atoms. The number of nitrogens with two attached hydrogens (primary N) is 1. The Morgan fingerprint density at radius 3 is 2.56 bits per heavy atom. The van der Waals surface area contributed by atoms with Crippen LogP contribution in [0.1, 0.15) is 39.5 Å². The number of thioether (sulfide) groups is 1. The maximum Gasteiger partial charge on any atom is 0.236 e. The van der Waals surface area contributed by atoms with Gasteiger partial charge in [-0.2, -0.15) is 11.8 Å². The average molecular weight is 246 g/mol. The third kappa shape index (κ3) is 9.04. The molecule has 1 atom stereocenters. The van der Waals surface area contributed by atoms with E-state index in [9.17, 15) is 4.79 Å². The van der Waals surface area contributed by atoms with Gasteiger partial charge in [0.1, 0.15) is 0 Å². The van der Waals surface area contributed by atoms with Crippen LogP contribution in [0.25, 0.3) is 0 Å². The van der Waals surface area contributed by atoms with E-state index in [1.54, 1.807) is 0 Å². The van der Waals surface area contributed by atoms with Crippen LogP contribution in [0, 0.1) is 5.92 Å². The highest BCUT2D eigenvalue weighted by molar-refractivity contribution is 7.98. The first-order valence-corrected chi connectivity index (χ1v) is 7.49. The van der Waals surface area contributed by atoms with Gasteiger partial charge in [-0.25, -0.2) is 0 Å². The minimum absolute atomic E-state index is 0.00133. The fraction of sp³-hybridized carbons (Fsp3) is 0.917. The van der Waals surface area contributed by atoms with Gasteiger partial charge >= 0.3 is 0 Å². The summed E-state index contributed by atoms with van der Waals surface area (Å²) in [4.78, 5) is 11.5. The molecule has 0 aromatic rings. The molecule has 0 radical (unpaired) electrons. The van der Waals surface area contributed by atoms with Crippen LogP contribution in [0.4, 0.5) is 0 Å². The molecule has 3 nitrogen and oxygen atoms in total. The van der Waals surface area contributed by atoms with Crippen molar-refractivity contribution in [2.45, 2.75) is 45.6 Å². The number of hydrogen-bond acceptors (Lipinski definition) is 3. The first-order chi connectivity index (χ1) is 7.57. The van der Waals surface area contributed by atoms with E-state index in [1.807, 2.05) is 11.8 Å². The van der Waals surface area contributed by atoms with Gasteiger partial charge < -0.3 is 11.1 Å². The Labute approximate surface area is 104 Å². The summed E-state index contributed by atoms with van der Waals surface area (Å²) in [5.74, 6) is 1.68. The molecule has 4 heteroatoms. The van der Waals surface area contributed by atoms with E-state index in [-0.39, 0.29) is 11.9 Å². The predicted octanol–water partition coefficient (Wildman–Crippen LogP) is 2.01. The molecular formula is C12H26N2OS. The molecule has 0 saturated carbocycles. The average Bonchev–Trinajstić information content (AvgIpc) is 2.21. The van der Waals surface area contributed by atoms with Crippen LogP contribution >= 0.6 is 11.8 Å². The van der Waals surface area contributed by atoms with Crippen molar-refractivity contribution in [2.24, 2.45) is 11.7 Å². The Hall–Kier alpha value is -0.220. The van der Waals surface area contributed by atoms with E-state index in [1.165, 1.54) is 18.6 Å². The summed E-state index contributed by atoms with van der Waals surface area (Å²) in [6, 6.07) is -0.341. The minimum atomic E-state index is -0.341. The number of carbonyl (C=O) groups is 1. The molecule has 1 amide bonds. The van der Waals surface area contributed by atoms with E-state index in [4.69, 9.17) is 5.73 Å². The summed E-state index contributed by atoms with van der Waals surface area (Å²) in [5, 5.41) is 2.89. The highest BCUT2D eigenvalue weighted by Crippen LogP contribution is 2.03. The maximum absolute atomic E-state index is 11.5. The van der Waals surface area contributed by atoms with Crippen molar-refractivity contribution in [3.8, 4) is 0 Å². The van der Waals surface area contributed by atoms with Crippen LogP contribution < -0.4 is 11.1 Å². The molecule has 0 aliphatic carbocycles. The van der Waals surface area contributed by atoms with E-state index in [0.29, 0.717) is 5.92 Å². The number of amides is 1. The monoisotopic (exact) mass is 246 g/mol. The van der Waals surface area contributed by atoms with Gasteiger partial charge in [-0.1, -0.05) is 20.3 Å². The van der Waals surface area contributed by atoms with E-state index < -0.39 is 0 Å². The van der Waals surface area contributed by atoms with Crippen molar-refractivity contribution in [3.05, 3.63) is 0 Å². The molecule has 0 aromatic heterocycles. The van der Waals surface area contributed by atoms with E-state index >= 15 is 0 Å². The van der Waals surface area contributed by atoms with Crippen LogP contribution in [0.15, 0.2) is 0 Å². The van der Waals surface area contributed by atoms with Crippen LogP contribution in [0.5, 0.6) is 0 Å². The standard InChI is InChI=1S/C12H26N2OS/c1-10(2)9-11(13)12(15)14-7-5-4-6-8-16-3/h10-11H,4-9,13H2,1-3H3,(H,14,15)/t11-/m1/s1. The molecule has 0 fully saturated rings. The lowest BCUT2D eigenvalue weighted by Crippen LogP contribution is -2.41. The number of nitrogens with one attached hydrogen (secondary N) is 1. The predicted molar refractivity (Wildman–Crippen MR) is 72.7 cm³/mol. The molecule has 0 spiro atoms. The largest absolute Gasteiger partial charge is 0.355 e. The van der Waals surface area contributed by atoms with Crippen LogP contribution in [0.3, 0.4) is 0 Å². The second-order valence-corrected chi connectivity index (χ2v) is 5.57. The number of rotatable bonds is 9.